The smallest absolute Gasteiger partial charge is 0.273 e. The first-order valence-corrected chi connectivity index (χ1v) is 6.82. The van der Waals surface area contributed by atoms with Crippen LogP contribution in [-0.2, 0) is 0 Å². The highest BCUT2D eigenvalue weighted by Gasteiger charge is 2.30. The first-order valence-electron chi connectivity index (χ1n) is 6.82. The molecule has 104 valence electrons. The zero-order valence-electron chi connectivity index (χ0n) is 10.8. The lowest BCUT2D eigenvalue weighted by atomic mass is 10.2. The Balaban J connectivity index is 1.53. The lowest BCUT2D eigenvalue weighted by Gasteiger charge is -2.14. The molecule has 1 atom stereocenters. The van der Waals surface area contributed by atoms with Crippen molar-refractivity contribution in [2.75, 3.05) is 26.3 Å². The maximum absolute atomic E-state index is 12.2. The van der Waals surface area contributed by atoms with Crippen LogP contribution in [0.5, 0.6) is 0 Å². The first kappa shape index (κ1) is 12.6. The van der Waals surface area contributed by atoms with Gasteiger partial charge in [0, 0.05) is 37.7 Å². The summed E-state index contributed by atoms with van der Waals surface area (Å²) in [6.07, 6.45) is 3.10. The third-order valence-corrected chi connectivity index (χ3v) is 3.75. The van der Waals surface area contributed by atoms with Crippen molar-refractivity contribution >= 4 is 5.91 Å². The number of alkyl halides is 1. The molecule has 1 N–H and O–H groups in total. The van der Waals surface area contributed by atoms with E-state index in [1.54, 1.807) is 6.07 Å². The van der Waals surface area contributed by atoms with Crippen LogP contribution in [0.1, 0.15) is 41.4 Å². The molecule has 1 saturated carbocycles. The number of carbonyl (C=O) groups excluding carboxylic acids is 1. The second-order valence-corrected chi connectivity index (χ2v) is 5.34. The van der Waals surface area contributed by atoms with Gasteiger partial charge in [-0.05, 0) is 19.3 Å². The summed E-state index contributed by atoms with van der Waals surface area (Å²) in [5.41, 5.74) is 0.353. The summed E-state index contributed by atoms with van der Waals surface area (Å²) in [6.45, 7) is 1.65. The van der Waals surface area contributed by atoms with E-state index in [1.165, 1.54) is 0 Å². The van der Waals surface area contributed by atoms with Gasteiger partial charge in [-0.2, -0.15) is 0 Å². The van der Waals surface area contributed by atoms with Gasteiger partial charge in [-0.25, -0.2) is 4.39 Å². The number of aromatic nitrogens is 1. The molecule has 5 nitrogen and oxygen atoms in total. The number of nitrogens with zero attached hydrogens (tertiary/aromatic N) is 2. The summed E-state index contributed by atoms with van der Waals surface area (Å²) in [4.78, 5) is 14.0. The maximum atomic E-state index is 12.2. The van der Waals surface area contributed by atoms with Crippen molar-refractivity contribution in [1.82, 2.24) is 15.4 Å². The van der Waals surface area contributed by atoms with Gasteiger partial charge in [-0.3, -0.25) is 9.69 Å². The van der Waals surface area contributed by atoms with Crippen LogP contribution in [0.3, 0.4) is 0 Å². The molecule has 3 rings (SSSR count). The molecule has 1 amide bonds. The molecule has 0 bridgehead atoms. The molecule has 1 unspecified atom stereocenters. The second kappa shape index (κ2) is 5.28. The Morgan fingerprint density at radius 2 is 2.37 bits per heavy atom. The van der Waals surface area contributed by atoms with E-state index in [0.29, 0.717) is 24.7 Å². The zero-order valence-corrected chi connectivity index (χ0v) is 10.8. The molecule has 1 aromatic heterocycles. The summed E-state index contributed by atoms with van der Waals surface area (Å²) in [5, 5.41) is 6.74. The van der Waals surface area contributed by atoms with Gasteiger partial charge in [-0.1, -0.05) is 5.16 Å². The Bertz CT molecular complexity index is 458. The van der Waals surface area contributed by atoms with Gasteiger partial charge < -0.3 is 9.84 Å². The Morgan fingerprint density at radius 1 is 1.53 bits per heavy atom. The highest BCUT2D eigenvalue weighted by atomic mass is 19.1. The fraction of sp³-hybridized carbons (Fsp3) is 0.692. The number of amides is 1. The first-order chi connectivity index (χ1) is 9.26. The molecular weight excluding hydrogens is 249 g/mol. The van der Waals surface area contributed by atoms with Crippen LogP contribution in [0.15, 0.2) is 10.6 Å². The number of hydrogen-bond donors (Lipinski definition) is 1. The van der Waals surface area contributed by atoms with Gasteiger partial charge >= 0.3 is 0 Å². The zero-order chi connectivity index (χ0) is 13.2. The number of likely N-dealkylation sites (tertiary alicyclic amines) is 1. The van der Waals surface area contributed by atoms with Crippen LogP contribution in [-0.4, -0.2) is 48.3 Å². The molecule has 6 heteroatoms. The van der Waals surface area contributed by atoms with E-state index in [0.717, 1.165) is 31.6 Å². The summed E-state index contributed by atoms with van der Waals surface area (Å²) in [7, 11) is 0. The molecule has 2 heterocycles. The third kappa shape index (κ3) is 2.94. The molecule has 1 aliphatic carbocycles. The van der Waals surface area contributed by atoms with Gasteiger partial charge in [0.1, 0.15) is 12.4 Å². The van der Waals surface area contributed by atoms with Gasteiger partial charge in [0.2, 0.25) is 0 Å². The lowest BCUT2D eigenvalue weighted by molar-refractivity contribution is 0.0928. The highest BCUT2D eigenvalue weighted by molar-refractivity contribution is 5.92. The molecule has 19 heavy (non-hydrogen) atoms. The Hall–Kier alpha value is -1.43. The Morgan fingerprint density at radius 3 is 3.11 bits per heavy atom. The number of rotatable bonds is 5. The van der Waals surface area contributed by atoms with Crippen LogP contribution in [0.25, 0.3) is 0 Å². The third-order valence-electron chi connectivity index (χ3n) is 3.75. The summed E-state index contributed by atoms with van der Waals surface area (Å²) < 4.78 is 17.4. The molecule has 0 spiro atoms. The largest absolute Gasteiger partial charge is 0.360 e. The average molecular weight is 267 g/mol. The van der Waals surface area contributed by atoms with Crippen LogP contribution >= 0.6 is 0 Å². The van der Waals surface area contributed by atoms with E-state index >= 15 is 0 Å². The highest BCUT2D eigenvalue weighted by Crippen LogP contribution is 2.40. The maximum Gasteiger partial charge on any atom is 0.273 e. The van der Waals surface area contributed by atoms with E-state index in [2.05, 4.69) is 10.5 Å². The standard InChI is InChI=1S/C13H18FN3O2/c14-4-6-17-5-3-10(8-17)15-13(18)11-7-12(19-16-11)9-1-2-9/h7,9-10H,1-6,8H2,(H,15,18). The van der Waals surface area contributed by atoms with E-state index < -0.39 is 0 Å². The van der Waals surface area contributed by atoms with Gasteiger partial charge in [0.15, 0.2) is 5.69 Å². The predicted molar refractivity (Wildman–Crippen MR) is 66.8 cm³/mol. The van der Waals surface area contributed by atoms with Gasteiger partial charge in [-0.15, -0.1) is 0 Å². The fourth-order valence-corrected chi connectivity index (χ4v) is 2.49. The molecule has 1 aromatic rings. The summed E-state index contributed by atoms with van der Waals surface area (Å²) >= 11 is 0. The number of nitrogens with one attached hydrogen (secondary N) is 1. The number of carbonyl (C=O) groups is 1. The van der Waals surface area contributed by atoms with Crippen molar-refractivity contribution in [3.8, 4) is 0 Å². The fourth-order valence-electron chi connectivity index (χ4n) is 2.49. The van der Waals surface area contributed by atoms with Crippen LogP contribution in [0, 0.1) is 0 Å². The van der Waals surface area contributed by atoms with Crippen molar-refractivity contribution in [1.29, 1.82) is 0 Å². The summed E-state index contributed by atoms with van der Waals surface area (Å²) in [6, 6.07) is 1.82. The monoisotopic (exact) mass is 267 g/mol. The number of hydrogen-bond acceptors (Lipinski definition) is 4. The van der Waals surface area contributed by atoms with Crippen LogP contribution in [0.4, 0.5) is 4.39 Å². The van der Waals surface area contributed by atoms with Gasteiger partial charge in [0.25, 0.3) is 5.91 Å². The molecule has 0 aromatic carbocycles. The predicted octanol–water partition coefficient (Wildman–Crippen LogP) is 1.33. The lowest BCUT2D eigenvalue weighted by Crippen LogP contribution is -2.37. The molecule has 2 fully saturated rings. The molecule has 2 aliphatic rings. The van der Waals surface area contributed by atoms with E-state index in [1.807, 2.05) is 4.90 Å². The van der Waals surface area contributed by atoms with Gasteiger partial charge in [0.05, 0.1) is 0 Å². The topological polar surface area (TPSA) is 58.4 Å². The normalized spacial score (nSPS) is 23.7. The Labute approximate surface area is 111 Å². The molecule has 1 saturated heterocycles. The average Bonchev–Trinajstić information content (AvgIpc) is 2.96. The second-order valence-electron chi connectivity index (χ2n) is 5.34. The molecule has 1 aliphatic heterocycles. The van der Waals surface area contributed by atoms with E-state index in [9.17, 15) is 9.18 Å². The van der Waals surface area contributed by atoms with Crippen molar-refractivity contribution in [3.05, 3.63) is 17.5 Å². The van der Waals surface area contributed by atoms with Crippen LogP contribution < -0.4 is 5.32 Å². The molecule has 0 radical (unpaired) electrons. The van der Waals surface area contributed by atoms with E-state index in [-0.39, 0.29) is 18.6 Å². The van der Waals surface area contributed by atoms with Crippen molar-refractivity contribution in [2.45, 2.75) is 31.2 Å². The minimum Gasteiger partial charge on any atom is -0.360 e. The Kier molecular flexibility index (Phi) is 3.50. The number of halogens is 1. The van der Waals surface area contributed by atoms with Crippen molar-refractivity contribution in [3.63, 3.8) is 0 Å². The molecular formula is C13H18FN3O2. The summed E-state index contributed by atoms with van der Waals surface area (Å²) in [5.74, 6) is 1.08. The van der Waals surface area contributed by atoms with E-state index in [4.69, 9.17) is 4.52 Å². The van der Waals surface area contributed by atoms with Crippen molar-refractivity contribution < 1.29 is 13.7 Å². The van der Waals surface area contributed by atoms with Crippen LogP contribution in [0.2, 0.25) is 0 Å². The minimum atomic E-state index is -0.339. The quantitative estimate of drug-likeness (QED) is 0.874. The minimum absolute atomic E-state index is 0.0834. The SMILES string of the molecule is O=C(NC1CCN(CCF)C1)c1cc(C2CC2)on1. The van der Waals surface area contributed by atoms with Crippen molar-refractivity contribution in [2.24, 2.45) is 0 Å².